The van der Waals surface area contributed by atoms with Crippen LogP contribution in [-0.2, 0) is 4.79 Å². The third-order valence-corrected chi connectivity index (χ3v) is 5.84. The molecular formula is C22H16Cl2N4O4S. The summed E-state index contributed by atoms with van der Waals surface area (Å²) in [5, 5.41) is 18.8. The van der Waals surface area contributed by atoms with Crippen molar-refractivity contribution < 1.29 is 14.5 Å². The molecule has 0 aromatic heterocycles. The van der Waals surface area contributed by atoms with E-state index in [9.17, 15) is 19.7 Å². The number of carbonyl (C=O) groups excluding carboxylic acids is 2. The zero-order chi connectivity index (χ0) is 24.0. The Hall–Kier alpha value is -3.40. The lowest BCUT2D eigenvalue weighted by molar-refractivity contribution is -0.387. The average molecular weight is 503 g/mol. The van der Waals surface area contributed by atoms with E-state index in [-0.39, 0.29) is 22.2 Å². The number of nitrogens with one attached hydrogen (secondary N) is 2. The summed E-state index contributed by atoms with van der Waals surface area (Å²) in [6.45, 7) is 1.39. The minimum atomic E-state index is -0.552. The van der Waals surface area contributed by atoms with Gasteiger partial charge in [-0.05, 0) is 36.4 Å². The summed E-state index contributed by atoms with van der Waals surface area (Å²) in [5.74, 6) is -0.796. The predicted octanol–water partition coefficient (Wildman–Crippen LogP) is 5.78. The van der Waals surface area contributed by atoms with E-state index in [0.717, 1.165) is 11.8 Å². The van der Waals surface area contributed by atoms with Crippen LogP contribution in [-0.4, -0.2) is 23.0 Å². The molecule has 0 spiro atoms. The van der Waals surface area contributed by atoms with Crippen molar-refractivity contribution in [1.29, 1.82) is 0 Å². The molecule has 3 rings (SSSR count). The van der Waals surface area contributed by atoms with Crippen LogP contribution in [0.5, 0.6) is 0 Å². The number of amides is 2. The third-order valence-electron chi connectivity index (χ3n) is 4.15. The van der Waals surface area contributed by atoms with E-state index in [0.29, 0.717) is 26.1 Å². The second kappa shape index (κ2) is 11.0. The number of nitro benzene ring substituents is 1. The number of hydrogen-bond donors (Lipinski definition) is 2. The van der Waals surface area contributed by atoms with E-state index < -0.39 is 10.8 Å². The van der Waals surface area contributed by atoms with Crippen LogP contribution in [0.2, 0.25) is 10.0 Å². The lowest BCUT2D eigenvalue weighted by Gasteiger charge is -2.10. The summed E-state index contributed by atoms with van der Waals surface area (Å²) >= 11 is 13.0. The van der Waals surface area contributed by atoms with Gasteiger partial charge in [0.05, 0.1) is 32.3 Å². The summed E-state index contributed by atoms with van der Waals surface area (Å²) in [7, 11) is 0. The Morgan fingerprint density at radius 3 is 2.52 bits per heavy atom. The van der Waals surface area contributed by atoms with Gasteiger partial charge in [0.25, 0.3) is 11.6 Å². The first-order valence-corrected chi connectivity index (χ1v) is 10.9. The SMILES string of the molecule is CC(=O)Nc1ccccc1Sc1ccc(/C=N/NC(=O)c2ccc(Cl)cc2Cl)cc1[N+](=O)[O-]. The maximum absolute atomic E-state index is 12.2. The van der Waals surface area contributed by atoms with E-state index in [1.807, 2.05) is 0 Å². The fourth-order valence-electron chi connectivity index (χ4n) is 2.71. The van der Waals surface area contributed by atoms with Crippen LogP contribution in [0.1, 0.15) is 22.8 Å². The molecule has 0 saturated heterocycles. The maximum atomic E-state index is 12.2. The Kier molecular flexibility index (Phi) is 8.05. The van der Waals surface area contributed by atoms with Crippen LogP contribution in [0.15, 0.2) is 75.6 Å². The molecule has 0 bridgehead atoms. The van der Waals surface area contributed by atoms with E-state index in [2.05, 4.69) is 15.8 Å². The van der Waals surface area contributed by atoms with Gasteiger partial charge < -0.3 is 5.32 Å². The number of hydrogen-bond acceptors (Lipinski definition) is 6. The minimum Gasteiger partial charge on any atom is -0.325 e. The van der Waals surface area contributed by atoms with Gasteiger partial charge in [0.2, 0.25) is 5.91 Å². The molecule has 2 amide bonds. The first kappa shape index (κ1) is 24.2. The molecule has 8 nitrogen and oxygen atoms in total. The molecule has 0 radical (unpaired) electrons. The first-order chi connectivity index (χ1) is 15.7. The molecule has 0 aliphatic heterocycles. The lowest BCUT2D eigenvalue weighted by Crippen LogP contribution is -2.18. The van der Waals surface area contributed by atoms with Gasteiger partial charge in [-0.3, -0.25) is 19.7 Å². The summed E-state index contributed by atoms with van der Waals surface area (Å²) < 4.78 is 0. The van der Waals surface area contributed by atoms with E-state index in [1.54, 1.807) is 36.4 Å². The largest absolute Gasteiger partial charge is 0.325 e. The molecule has 0 aliphatic carbocycles. The van der Waals surface area contributed by atoms with Crippen molar-refractivity contribution in [2.75, 3.05) is 5.32 Å². The van der Waals surface area contributed by atoms with E-state index >= 15 is 0 Å². The van der Waals surface area contributed by atoms with Gasteiger partial charge in [0, 0.05) is 28.5 Å². The fraction of sp³-hybridized carbons (Fsp3) is 0.0455. The summed E-state index contributed by atoms with van der Waals surface area (Å²) in [4.78, 5) is 35.8. The van der Waals surface area contributed by atoms with Gasteiger partial charge in [-0.15, -0.1) is 0 Å². The highest BCUT2D eigenvalue weighted by molar-refractivity contribution is 7.99. The second-order valence-electron chi connectivity index (χ2n) is 6.59. The number of anilines is 1. The summed E-state index contributed by atoms with van der Waals surface area (Å²) in [6, 6.07) is 16.0. The van der Waals surface area contributed by atoms with Crippen molar-refractivity contribution >= 4 is 64.4 Å². The monoisotopic (exact) mass is 502 g/mol. The van der Waals surface area contributed by atoms with Crippen molar-refractivity contribution in [2.24, 2.45) is 5.10 Å². The van der Waals surface area contributed by atoms with Gasteiger partial charge in [-0.2, -0.15) is 5.10 Å². The molecule has 0 unspecified atom stereocenters. The van der Waals surface area contributed by atoms with E-state index in [1.165, 1.54) is 37.4 Å². The quantitative estimate of drug-likeness (QED) is 0.241. The fourth-order valence-corrected chi connectivity index (χ4v) is 4.19. The molecule has 3 aromatic rings. The molecule has 33 heavy (non-hydrogen) atoms. The Morgan fingerprint density at radius 1 is 1.06 bits per heavy atom. The van der Waals surface area contributed by atoms with Gasteiger partial charge >= 0.3 is 0 Å². The zero-order valence-corrected chi connectivity index (χ0v) is 19.4. The second-order valence-corrected chi connectivity index (χ2v) is 8.51. The summed E-state index contributed by atoms with van der Waals surface area (Å²) in [6.07, 6.45) is 1.29. The number of para-hydroxylation sites is 1. The number of hydrazone groups is 1. The Bertz CT molecular complexity index is 1270. The molecule has 0 aliphatic rings. The van der Waals surface area contributed by atoms with Crippen LogP contribution in [0.3, 0.4) is 0 Å². The van der Waals surface area contributed by atoms with Crippen LogP contribution in [0.4, 0.5) is 11.4 Å². The minimum absolute atomic E-state index is 0.145. The lowest BCUT2D eigenvalue weighted by atomic mass is 10.2. The van der Waals surface area contributed by atoms with Crippen LogP contribution >= 0.6 is 35.0 Å². The number of carbonyl (C=O) groups is 2. The Morgan fingerprint density at radius 2 is 1.82 bits per heavy atom. The molecule has 3 aromatic carbocycles. The first-order valence-electron chi connectivity index (χ1n) is 9.36. The van der Waals surface area contributed by atoms with Gasteiger partial charge in [0.1, 0.15) is 0 Å². The highest BCUT2D eigenvalue weighted by Gasteiger charge is 2.17. The number of rotatable bonds is 7. The van der Waals surface area contributed by atoms with Gasteiger partial charge in [-0.1, -0.05) is 53.2 Å². The van der Waals surface area contributed by atoms with Crippen molar-refractivity contribution in [3.05, 3.63) is 92.0 Å². The Balaban J connectivity index is 1.78. The average Bonchev–Trinajstić information content (AvgIpc) is 2.75. The maximum Gasteiger partial charge on any atom is 0.283 e. The molecule has 11 heteroatoms. The standard InChI is InChI=1S/C22H16Cl2N4O4S/c1-13(29)26-18-4-2-3-5-20(18)33-21-9-6-14(10-19(21)28(31)32)12-25-27-22(30)16-8-7-15(23)11-17(16)24/h2-12H,1H3,(H,26,29)(H,27,30)/b25-12+. The van der Waals surface area contributed by atoms with Crippen LogP contribution in [0.25, 0.3) is 0 Å². The Labute approximate surface area is 203 Å². The molecule has 0 saturated carbocycles. The van der Waals surface area contributed by atoms with Crippen molar-refractivity contribution in [1.82, 2.24) is 5.43 Å². The number of nitro groups is 1. The van der Waals surface area contributed by atoms with Crippen LogP contribution < -0.4 is 10.7 Å². The van der Waals surface area contributed by atoms with Crippen LogP contribution in [0, 0.1) is 10.1 Å². The highest BCUT2D eigenvalue weighted by Crippen LogP contribution is 2.38. The number of nitrogens with zero attached hydrogens (tertiary/aromatic N) is 2. The van der Waals surface area contributed by atoms with E-state index in [4.69, 9.17) is 23.2 Å². The number of halogens is 2. The van der Waals surface area contributed by atoms with Crippen molar-refractivity contribution in [2.45, 2.75) is 16.7 Å². The summed E-state index contributed by atoms with van der Waals surface area (Å²) in [5.41, 5.74) is 3.33. The zero-order valence-electron chi connectivity index (χ0n) is 17.0. The topological polar surface area (TPSA) is 114 Å². The van der Waals surface area contributed by atoms with Crippen molar-refractivity contribution in [3.8, 4) is 0 Å². The molecule has 0 atom stereocenters. The van der Waals surface area contributed by atoms with Gasteiger partial charge in [0.15, 0.2) is 0 Å². The highest BCUT2D eigenvalue weighted by atomic mass is 35.5. The molecular weight excluding hydrogens is 487 g/mol. The molecule has 168 valence electrons. The smallest absolute Gasteiger partial charge is 0.283 e. The normalized spacial score (nSPS) is 10.8. The third kappa shape index (κ3) is 6.55. The van der Waals surface area contributed by atoms with Crippen molar-refractivity contribution in [3.63, 3.8) is 0 Å². The predicted molar refractivity (Wildman–Crippen MR) is 129 cm³/mol. The molecule has 0 fully saturated rings. The number of benzene rings is 3. The van der Waals surface area contributed by atoms with Gasteiger partial charge in [-0.25, -0.2) is 5.43 Å². The molecule has 2 N–H and O–H groups in total. The molecule has 0 heterocycles.